The van der Waals surface area contributed by atoms with E-state index in [4.69, 9.17) is 0 Å². The SMILES string of the molecule is c1cn2nc(NCC3CCCCC3)nc2cn1. The number of aromatic nitrogens is 4. The van der Waals surface area contributed by atoms with Gasteiger partial charge in [-0.1, -0.05) is 19.3 Å². The zero-order valence-electron chi connectivity index (χ0n) is 9.84. The molecule has 0 bridgehead atoms. The Balaban J connectivity index is 1.64. The molecule has 2 aromatic heterocycles. The maximum atomic E-state index is 4.38. The van der Waals surface area contributed by atoms with Crippen molar-refractivity contribution in [2.75, 3.05) is 11.9 Å². The van der Waals surface area contributed by atoms with E-state index in [1.165, 1.54) is 32.1 Å². The highest BCUT2D eigenvalue weighted by Gasteiger charge is 2.13. The van der Waals surface area contributed by atoms with Crippen LogP contribution < -0.4 is 5.32 Å². The maximum Gasteiger partial charge on any atom is 0.243 e. The van der Waals surface area contributed by atoms with Crippen LogP contribution in [0.5, 0.6) is 0 Å². The minimum absolute atomic E-state index is 0.712. The van der Waals surface area contributed by atoms with E-state index in [1.54, 1.807) is 16.9 Å². The minimum Gasteiger partial charge on any atom is -0.353 e. The van der Waals surface area contributed by atoms with Gasteiger partial charge in [-0.15, -0.1) is 5.10 Å². The van der Waals surface area contributed by atoms with Crippen molar-refractivity contribution >= 4 is 11.6 Å². The first-order valence-electron chi connectivity index (χ1n) is 6.32. The van der Waals surface area contributed by atoms with E-state index < -0.39 is 0 Å². The van der Waals surface area contributed by atoms with Crippen LogP contribution in [0.3, 0.4) is 0 Å². The third kappa shape index (κ3) is 2.38. The Hall–Kier alpha value is -1.65. The molecule has 17 heavy (non-hydrogen) atoms. The molecule has 1 N–H and O–H groups in total. The fourth-order valence-corrected chi connectivity index (χ4v) is 2.45. The number of rotatable bonds is 3. The molecule has 0 saturated heterocycles. The molecule has 0 radical (unpaired) electrons. The summed E-state index contributed by atoms with van der Waals surface area (Å²) in [4.78, 5) is 8.40. The van der Waals surface area contributed by atoms with Gasteiger partial charge < -0.3 is 5.32 Å². The third-order valence-corrected chi connectivity index (χ3v) is 3.42. The van der Waals surface area contributed by atoms with Crippen LogP contribution in [0.15, 0.2) is 18.6 Å². The average molecular weight is 231 g/mol. The van der Waals surface area contributed by atoms with E-state index in [2.05, 4.69) is 20.4 Å². The Morgan fingerprint density at radius 1 is 1.29 bits per heavy atom. The van der Waals surface area contributed by atoms with E-state index in [0.29, 0.717) is 5.95 Å². The fourth-order valence-electron chi connectivity index (χ4n) is 2.45. The van der Waals surface area contributed by atoms with Gasteiger partial charge in [-0.3, -0.25) is 4.98 Å². The molecule has 0 unspecified atom stereocenters. The zero-order valence-corrected chi connectivity index (χ0v) is 9.84. The summed E-state index contributed by atoms with van der Waals surface area (Å²) in [6.07, 6.45) is 12.1. The van der Waals surface area contributed by atoms with Gasteiger partial charge in [0, 0.05) is 18.9 Å². The molecule has 5 nitrogen and oxygen atoms in total. The van der Waals surface area contributed by atoms with E-state index in [-0.39, 0.29) is 0 Å². The van der Waals surface area contributed by atoms with Crippen LogP contribution in [0.2, 0.25) is 0 Å². The van der Waals surface area contributed by atoms with E-state index >= 15 is 0 Å². The van der Waals surface area contributed by atoms with Gasteiger partial charge in [-0.2, -0.15) is 4.98 Å². The average Bonchev–Trinajstić information content (AvgIpc) is 2.80. The van der Waals surface area contributed by atoms with Crippen LogP contribution in [0.4, 0.5) is 5.95 Å². The minimum atomic E-state index is 0.712. The predicted molar refractivity (Wildman–Crippen MR) is 65.8 cm³/mol. The molecular formula is C12H17N5. The van der Waals surface area contributed by atoms with E-state index in [1.807, 2.05) is 6.20 Å². The lowest BCUT2D eigenvalue weighted by atomic mass is 9.89. The lowest BCUT2D eigenvalue weighted by Gasteiger charge is -2.21. The lowest BCUT2D eigenvalue weighted by molar-refractivity contribution is 0.373. The van der Waals surface area contributed by atoms with Crippen molar-refractivity contribution in [3.8, 4) is 0 Å². The Bertz CT molecular complexity index is 453. The Kier molecular flexibility index (Phi) is 2.90. The van der Waals surface area contributed by atoms with Crippen molar-refractivity contribution < 1.29 is 0 Å². The molecule has 2 heterocycles. The summed E-state index contributed by atoms with van der Waals surface area (Å²) in [5.41, 5.74) is 0.790. The Labute approximate surface area is 100 Å². The lowest BCUT2D eigenvalue weighted by Crippen LogP contribution is -2.17. The maximum absolute atomic E-state index is 4.38. The second-order valence-electron chi connectivity index (χ2n) is 4.70. The van der Waals surface area contributed by atoms with Crippen LogP contribution in [0.1, 0.15) is 32.1 Å². The van der Waals surface area contributed by atoms with Crippen molar-refractivity contribution in [1.82, 2.24) is 19.6 Å². The van der Waals surface area contributed by atoms with Crippen molar-refractivity contribution in [2.45, 2.75) is 32.1 Å². The highest BCUT2D eigenvalue weighted by molar-refractivity contribution is 5.40. The summed E-state index contributed by atoms with van der Waals surface area (Å²) in [5, 5.41) is 7.68. The van der Waals surface area contributed by atoms with Crippen molar-refractivity contribution in [3.05, 3.63) is 18.6 Å². The Morgan fingerprint density at radius 2 is 2.18 bits per heavy atom. The van der Waals surface area contributed by atoms with Gasteiger partial charge in [0.15, 0.2) is 5.65 Å². The molecule has 90 valence electrons. The number of hydrogen-bond acceptors (Lipinski definition) is 4. The molecule has 0 atom stereocenters. The summed E-state index contributed by atoms with van der Waals surface area (Å²) in [7, 11) is 0. The van der Waals surface area contributed by atoms with E-state index in [0.717, 1.165) is 18.1 Å². The monoisotopic (exact) mass is 231 g/mol. The molecule has 1 aliphatic carbocycles. The van der Waals surface area contributed by atoms with Gasteiger partial charge in [0.25, 0.3) is 0 Å². The van der Waals surface area contributed by atoms with Crippen LogP contribution in [0, 0.1) is 5.92 Å². The smallest absolute Gasteiger partial charge is 0.243 e. The van der Waals surface area contributed by atoms with Crippen molar-refractivity contribution in [3.63, 3.8) is 0 Å². The highest BCUT2D eigenvalue weighted by atomic mass is 15.3. The van der Waals surface area contributed by atoms with Gasteiger partial charge >= 0.3 is 0 Å². The zero-order chi connectivity index (χ0) is 11.5. The second kappa shape index (κ2) is 4.69. The number of fused-ring (bicyclic) bond motifs is 1. The first kappa shape index (κ1) is 10.5. The highest BCUT2D eigenvalue weighted by Crippen LogP contribution is 2.23. The molecule has 0 aromatic carbocycles. The first-order valence-corrected chi connectivity index (χ1v) is 6.32. The molecular weight excluding hydrogens is 214 g/mol. The van der Waals surface area contributed by atoms with Gasteiger partial charge in [-0.05, 0) is 18.8 Å². The number of hydrogen-bond donors (Lipinski definition) is 1. The van der Waals surface area contributed by atoms with Gasteiger partial charge in [0.2, 0.25) is 5.95 Å². The molecule has 5 heteroatoms. The number of nitrogens with one attached hydrogen (secondary N) is 1. The molecule has 2 aromatic rings. The summed E-state index contributed by atoms with van der Waals surface area (Å²) in [5.74, 6) is 1.50. The summed E-state index contributed by atoms with van der Waals surface area (Å²) >= 11 is 0. The van der Waals surface area contributed by atoms with Gasteiger partial charge in [-0.25, -0.2) is 4.52 Å². The normalized spacial score (nSPS) is 17.4. The molecule has 0 spiro atoms. The molecule has 0 aliphatic heterocycles. The van der Waals surface area contributed by atoms with Crippen LogP contribution in [-0.4, -0.2) is 26.1 Å². The third-order valence-electron chi connectivity index (χ3n) is 3.42. The first-order chi connectivity index (χ1) is 8.42. The topological polar surface area (TPSA) is 55.1 Å². The molecule has 3 rings (SSSR count). The quantitative estimate of drug-likeness (QED) is 0.879. The number of nitrogens with zero attached hydrogens (tertiary/aromatic N) is 4. The van der Waals surface area contributed by atoms with Gasteiger partial charge in [0.1, 0.15) is 0 Å². The van der Waals surface area contributed by atoms with Crippen LogP contribution >= 0.6 is 0 Å². The molecule has 1 fully saturated rings. The molecule has 0 amide bonds. The van der Waals surface area contributed by atoms with E-state index in [9.17, 15) is 0 Å². The standard InChI is InChI=1S/C12H17N5/c1-2-4-10(5-3-1)8-14-12-15-11-9-13-6-7-17(11)16-12/h6-7,9-10H,1-5,8H2,(H,14,16). The molecule has 1 saturated carbocycles. The fraction of sp³-hybridized carbons (Fsp3) is 0.583. The number of anilines is 1. The Morgan fingerprint density at radius 3 is 3.00 bits per heavy atom. The van der Waals surface area contributed by atoms with Gasteiger partial charge in [0.05, 0.1) is 6.20 Å². The summed E-state index contributed by atoms with van der Waals surface area (Å²) < 4.78 is 1.75. The molecule has 1 aliphatic rings. The largest absolute Gasteiger partial charge is 0.353 e. The summed E-state index contributed by atoms with van der Waals surface area (Å²) in [6.45, 7) is 0.990. The van der Waals surface area contributed by atoms with Crippen LogP contribution in [0.25, 0.3) is 5.65 Å². The predicted octanol–water partition coefficient (Wildman–Crippen LogP) is 2.12. The van der Waals surface area contributed by atoms with Crippen molar-refractivity contribution in [2.24, 2.45) is 5.92 Å². The second-order valence-corrected chi connectivity index (χ2v) is 4.70. The summed E-state index contributed by atoms with van der Waals surface area (Å²) in [6, 6.07) is 0. The van der Waals surface area contributed by atoms with Crippen molar-refractivity contribution in [1.29, 1.82) is 0 Å². The van der Waals surface area contributed by atoms with Crippen LogP contribution in [-0.2, 0) is 0 Å².